The topological polar surface area (TPSA) is 15.3 Å². The number of hydrogen-bond donors (Lipinski definition) is 1. The monoisotopic (exact) mass is 280 g/mol. The van der Waals surface area contributed by atoms with E-state index in [2.05, 4.69) is 79.8 Å². The fourth-order valence-electron chi connectivity index (χ4n) is 3.55. The highest BCUT2D eigenvalue weighted by molar-refractivity contribution is 5.37. The van der Waals surface area contributed by atoms with Gasteiger partial charge in [0.25, 0.3) is 0 Å². The number of hydrogen-bond acceptors (Lipinski definition) is 2. The van der Waals surface area contributed by atoms with Gasteiger partial charge in [0.15, 0.2) is 0 Å². The average molecular weight is 280 g/mol. The normalized spacial score (nSPS) is 20.8. The van der Waals surface area contributed by atoms with Crippen molar-refractivity contribution in [1.29, 1.82) is 0 Å². The molecule has 2 aromatic carbocycles. The van der Waals surface area contributed by atoms with Gasteiger partial charge in [-0.1, -0.05) is 54.1 Å². The molecule has 1 aliphatic rings. The Labute approximate surface area is 127 Å². The quantitative estimate of drug-likeness (QED) is 0.924. The summed E-state index contributed by atoms with van der Waals surface area (Å²) in [5.41, 5.74) is 5.67. The van der Waals surface area contributed by atoms with Gasteiger partial charge in [-0.15, -0.1) is 0 Å². The van der Waals surface area contributed by atoms with E-state index in [-0.39, 0.29) is 0 Å². The van der Waals surface area contributed by atoms with E-state index < -0.39 is 0 Å². The van der Waals surface area contributed by atoms with Crippen LogP contribution in [0.25, 0.3) is 0 Å². The number of aryl methyl sites for hydroxylation is 1. The van der Waals surface area contributed by atoms with E-state index in [1.807, 2.05) is 0 Å². The van der Waals surface area contributed by atoms with Crippen LogP contribution < -0.4 is 5.32 Å². The summed E-state index contributed by atoms with van der Waals surface area (Å²) in [6, 6.07) is 18.6. The molecule has 0 aromatic heterocycles. The molecule has 2 heteroatoms. The molecule has 0 saturated heterocycles. The molecule has 0 fully saturated rings. The summed E-state index contributed by atoms with van der Waals surface area (Å²) >= 11 is 0. The lowest BCUT2D eigenvalue weighted by Crippen LogP contribution is -2.39. The second kappa shape index (κ2) is 6.00. The molecule has 2 unspecified atom stereocenters. The number of nitrogens with one attached hydrogen (secondary N) is 1. The van der Waals surface area contributed by atoms with Crippen LogP contribution in [0.15, 0.2) is 48.5 Å². The van der Waals surface area contributed by atoms with E-state index >= 15 is 0 Å². The van der Waals surface area contributed by atoms with Crippen molar-refractivity contribution in [3.8, 4) is 0 Å². The van der Waals surface area contributed by atoms with Crippen molar-refractivity contribution in [2.75, 3.05) is 14.1 Å². The van der Waals surface area contributed by atoms with Gasteiger partial charge in [-0.2, -0.15) is 0 Å². The van der Waals surface area contributed by atoms with E-state index in [0.717, 1.165) is 13.0 Å². The Kier molecular flexibility index (Phi) is 4.09. The molecule has 3 rings (SSSR count). The van der Waals surface area contributed by atoms with Crippen molar-refractivity contribution in [1.82, 2.24) is 10.2 Å². The molecule has 0 radical (unpaired) electrons. The van der Waals surface area contributed by atoms with Crippen molar-refractivity contribution in [3.63, 3.8) is 0 Å². The van der Waals surface area contributed by atoms with Gasteiger partial charge in [0.2, 0.25) is 0 Å². The maximum atomic E-state index is 3.51. The number of benzene rings is 2. The summed E-state index contributed by atoms with van der Waals surface area (Å²) in [4.78, 5) is 2.48. The van der Waals surface area contributed by atoms with Gasteiger partial charge in [-0.25, -0.2) is 0 Å². The van der Waals surface area contributed by atoms with Crippen molar-refractivity contribution in [2.45, 2.75) is 32.0 Å². The predicted octanol–water partition coefficient (Wildman–Crippen LogP) is 3.31. The Balaban J connectivity index is 1.78. The molecule has 0 amide bonds. The molecule has 0 aliphatic heterocycles. The summed E-state index contributed by atoms with van der Waals surface area (Å²) in [5.74, 6) is 0. The Morgan fingerprint density at radius 3 is 2.71 bits per heavy atom. The van der Waals surface area contributed by atoms with Crippen molar-refractivity contribution >= 4 is 0 Å². The smallest absolute Gasteiger partial charge is 0.0481 e. The van der Waals surface area contributed by atoms with Gasteiger partial charge in [0.1, 0.15) is 0 Å². The van der Waals surface area contributed by atoms with Crippen LogP contribution in [0.3, 0.4) is 0 Å². The molecule has 2 atom stereocenters. The van der Waals surface area contributed by atoms with Gasteiger partial charge in [0, 0.05) is 18.6 Å². The fraction of sp³-hybridized carbons (Fsp3) is 0.368. The largest absolute Gasteiger partial charge is 0.312 e. The van der Waals surface area contributed by atoms with Gasteiger partial charge in [0.05, 0.1) is 0 Å². The van der Waals surface area contributed by atoms with E-state index in [4.69, 9.17) is 0 Å². The van der Waals surface area contributed by atoms with Crippen molar-refractivity contribution < 1.29 is 0 Å². The van der Waals surface area contributed by atoms with Crippen LogP contribution in [0.5, 0.6) is 0 Å². The van der Waals surface area contributed by atoms with E-state index in [9.17, 15) is 0 Å². The summed E-state index contributed by atoms with van der Waals surface area (Å²) in [5, 5.41) is 3.51. The van der Waals surface area contributed by atoms with E-state index in [1.165, 1.54) is 22.3 Å². The maximum absolute atomic E-state index is 3.51. The highest BCUT2D eigenvalue weighted by Gasteiger charge is 2.33. The third-order valence-electron chi connectivity index (χ3n) is 4.60. The highest BCUT2D eigenvalue weighted by Crippen LogP contribution is 2.34. The molecule has 21 heavy (non-hydrogen) atoms. The third-order valence-corrected chi connectivity index (χ3v) is 4.60. The van der Waals surface area contributed by atoms with Gasteiger partial charge in [-0.3, -0.25) is 4.90 Å². The zero-order valence-corrected chi connectivity index (χ0v) is 13.1. The second-order valence-corrected chi connectivity index (χ2v) is 6.14. The molecule has 1 aliphatic carbocycles. The molecule has 0 saturated carbocycles. The molecular weight excluding hydrogens is 256 g/mol. The SMILES string of the molecule is CNC1c2ccccc2CC1N(C)Cc1cccc(C)c1. The zero-order valence-electron chi connectivity index (χ0n) is 13.1. The second-order valence-electron chi connectivity index (χ2n) is 6.14. The van der Waals surface area contributed by atoms with E-state index in [1.54, 1.807) is 0 Å². The minimum Gasteiger partial charge on any atom is -0.312 e. The predicted molar refractivity (Wildman–Crippen MR) is 88.4 cm³/mol. The Morgan fingerprint density at radius 2 is 1.95 bits per heavy atom. The molecule has 0 heterocycles. The number of nitrogens with zero attached hydrogens (tertiary/aromatic N) is 1. The minimum atomic E-state index is 0.427. The van der Waals surface area contributed by atoms with Crippen LogP contribution >= 0.6 is 0 Å². The maximum Gasteiger partial charge on any atom is 0.0481 e. The van der Waals surface area contributed by atoms with Crippen molar-refractivity contribution in [3.05, 3.63) is 70.8 Å². The van der Waals surface area contributed by atoms with Crippen molar-refractivity contribution in [2.24, 2.45) is 0 Å². The number of rotatable bonds is 4. The first kappa shape index (κ1) is 14.3. The first-order valence-corrected chi connectivity index (χ1v) is 7.70. The third kappa shape index (κ3) is 2.87. The lowest BCUT2D eigenvalue weighted by atomic mass is 10.1. The average Bonchev–Trinajstić information content (AvgIpc) is 2.86. The number of fused-ring (bicyclic) bond motifs is 1. The Morgan fingerprint density at radius 1 is 1.14 bits per heavy atom. The van der Waals surface area contributed by atoms with Crippen LogP contribution in [0.1, 0.15) is 28.3 Å². The molecule has 0 bridgehead atoms. The van der Waals surface area contributed by atoms with Gasteiger partial charge in [-0.05, 0) is 44.1 Å². The zero-order chi connectivity index (χ0) is 14.8. The molecular formula is C19H24N2. The Bertz CT molecular complexity index is 620. The van der Waals surface area contributed by atoms with Gasteiger partial charge < -0.3 is 5.32 Å². The summed E-state index contributed by atoms with van der Waals surface area (Å²) in [7, 11) is 4.31. The van der Waals surface area contributed by atoms with Crippen LogP contribution in [-0.4, -0.2) is 25.0 Å². The first-order chi connectivity index (χ1) is 10.2. The summed E-state index contributed by atoms with van der Waals surface area (Å²) < 4.78 is 0. The van der Waals surface area contributed by atoms with E-state index in [0.29, 0.717) is 12.1 Å². The molecule has 110 valence electrons. The van der Waals surface area contributed by atoms with Gasteiger partial charge >= 0.3 is 0 Å². The molecule has 2 aromatic rings. The Hall–Kier alpha value is -1.64. The van der Waals surface area contributed by atoms with Crippen LogP contribution in [-0.2, 0) is 13.0 Å². The number of likely N-dealkylation sites (N-methyl/N-ethyl adjacent to an activating group) is 2. The fourth-order valence-corrected chi connectivity index (χ4v) is 3.55. The molecule has 2 nitrogen and oxygen atoms in total. The van der Waals surface area contributed by atoms with Crippen LogP contribution in [0.2, 0.25) is 0 Å². The molecule has 0 spiro atoms. The molecule has 1 N–H and O–H groups in total. The lowest BCUT2D eigenvalue weighted by molar-refractivity contribution is 0.201. The summed E-state index contributed by atoms with van der Waals surface area (Å²) in [6.45, 7) is 3.16. The highest BCUT2D eigenvalue weighted by atomic mass is 15.2. The first-order valence-electron chi connectivity index (χ1n) is 7.70. The summed E-state index contributed by atoms with van der Waals surface area (Å²) in [6.07, 6.45) is 1.13. The standard InChI is InChI=1S/C19H24N2/c1-14-7-6-8-15(11-14)13-21(3)18-12-16-9-4-5-10-17(16)19(18)20-2/h4-11,18-20H,12-13H2,1-3H3. The minimum absolute atomic E-state index is 0.427. The lowest BCUT2D eigenvalue weighted by Gasteiger charge is -2.30. The van der Waals surface area contributed by atoms with Crippen LogP contribution in [0.4, 0.5) is 0 Å². The van der Waals surface area contributed by atoms with Crippen LogP contribution in [0, 0.1) is 6.92 Å².